The number of fused-ring (bicyclic) bond motifs is 2. The quantitative estimate of drug-likeness (QED) is 0.832. The van der Waals surface area contributed by atoms with Crippen LogP contribution in [0.25, 0.3) is 0 Å². The van der Waals surface area contributed by atoms with Crippen molar-refractivity contribution in [3.63, 3.8) is 0 Å². The van der Waals surface area contributed by atoms with E-state index in [-0.39, 0.29) is 0 Å². The van der Waals surface area contributed by atoms with Crippen molar-refractivity contribution in [2.45, 2.75) is 57.3 Å². The molecule has 0 aromatic heterocycles. The molecule has 0 spiro atoms. The van der Waals surface area contributed by atoms with E-state index in [4.69, 9.17) is 27.9 Å². The van der Waals surface area contributed by atoms with E-state index in [2.05, 4.69) is 18.3 Å². The van der Waals surface area contributed by atoms with Crippen molar-refractivity contribution in [1.82, 2.24) is 5.32 Å². The van der Waals surface area contributed by atoms with Crippen molar-refractivity contribution >= 4 is 23.2 Å². The molecule has 2 fully saturated rings. The summed E-state index contributed by atoms with van der Waals surface area (Å²) in [6, 6.07) is 6.45. The average molecular weight is 328 g/mol. The first-order valence-corrected chi connectivity index (χ1v) is 8.75. The Labute approximate surface area is 137 Å². The molecule has 2 bridgehead atoms. The van der Waals surface area contributed by atoms with Crippen LogP contribution in [0, 0.1) is 5.92 Å². The predicted octanol–water partition coefficient (Wildman–Crippen LogP) is 4.47. The molecule has 21 heavy (non-hydrogen) atoms. The minimum Gasteiger partial charge on any atom is -0.375 e. The zero-order valence-electron chi connectivity index (χ0n) is 12.4. The Hall–Kier alpha value is -0.280. The fourth-order valence-corrected chi connectivity index (χ4v) is 4.05. The largest absolute Gasteiger partial charge is 0.375 e. The van der Waals surface area contributed by atoms with Crippen LogP contribution in [-0.4, -0.2) is 24.8 Å². The van der Waals surface area contributed by atoms with Gasteiger partial charge in [-0.3, -0.25) is 0 Å². The summed E-state index contributed by atoms with van der Waals surface area (Å²) < 4.78 is 6.04. The Morgan fingerprint density at radius 3 is 2.76 bits per heavy atom. The maximum Gasteiger partial charge on any atom is 0.0623 e. The van der Waals surface area contributed by atoms with Gasteiger partial charge in [0.2, 0.25) is 0 Å². The Kier molecular flexibility index (Phi) is 5.11. The molecule has 2 aliphatic heterocycles. The molecule has 0 aliphatic carbocycles. The summed E-state index contributed by atoms with van der Waals surface area (Å²) in [4.78, 5) is 0. The average Bonchev–Trinajstić information content (AvgIpc) is 3.10. The van der Waals surface area contributed by atoms with E-state index in [0.717, 1.165) is 19.4 Å². The Bertz CT molecular complexity index is 494. The second kappa shape index (κ2) is 6.87. The first kappa shape index (κ1) is 15.6. The second-order valence-electron chi connectivity index (χ2n) is 6.29. The van der Waals surface area contributed by atoms with Crippen LogP contribution in [0.5, 0.6) is 0 Å². The number of halogens is 2. The highest BCUT2D eigenvalue weighted by atomic mass is 35.5. The normalized spacial score (nSPS) is 29.0. The molecule has 1 aromatic carbocycles. The maximum absolute atomic E-state index is 6.15. The molecule has 1 aromatic rings. The van der Waals surface area contributed by atoms with Gasteiger partial charge in [0.05, 0.1) is 22.3 Å². The Morgan fingerprint density at radius 2 is 2.14 bits per heavy atom. The first-order chi connectivity index (χ1) is 10.2. The minimum absolute atomic E-state index is 0.451. The van der Waals surface area contributed by atoms with Gasteiger partial charge >= 0.3 is 0 Å². The van der Waals surface area contributed by atoms with Crippen molar-refractivity contribution in [1.29, 1.82) is 0 Å². The number of hydrogen-bond acceptors (Lipinski definition) is 2. The first-order valence-electron chi connectivity index (χ1n) is 8.00. The third-order valence-electron chi connectivity index (χ3n) is 4.77. The molecule has 3 rings (SSSR count). The molecule has 1 N–H and O–H groups in total. The van der Waals surface area contributed by atoms with Gasteiger partial charge in [-0.25, -0.2) is 0 Å². The molecule has 0 radical (unpaired) electrons. The van der Waals surface area contributed by atoms with Crippen LogP contribution >= 0.6 is 23.2 Å². The van der Waals surface area contributed by atoms with Gasteiger partial charge in [0, 0.05) is 12.0 Å². The predicted molar refractivity (Wildman–Crippen MR) is 88.2 cm³/mol. The molecular formula is C17H23Cl2NO. The van der Waals surface area contributed by atoms with E-state index in [1.165, 1.54) is 24.8 Å². The summed E-state index contributed by atoms with van der Waals surface area (Å²) in [7, 11) is 0. The molecule has 4 atom stereocenters. The van der Waals surface area contributed by atoms with Crippen LogP contribution in [0.15, 0.2) is 18.2 Å². The number of nitrogens with one attached hydrogen (secondary N) is 1. The smallest absolute Gasteiger partial charge is 0.0623 e. The van der Waals surface area contributed by atoms with Crippen LogP contribution in [0.2, 0.25) is 10.0 Å². The SMILES string of the molecule is CCCNC(Cc1ccc(Cl)c(Cl)c1)C1CC2CCC1O2. The maximum atomic E-state index is 6.15. The Balaban J connectivity index is 1.71. The minimum atomic E-state index is 0.451. The summed E-state index contributed by atoms with van der Waals surface area (Å²) in [6.45, 7) is 3.26. The monoisotopic (exact) mass is 327 g/mol. The van der Waals surface area contributed by atoms with Gasteiger partial charge in [-0.05, 0) is 56.3 Å². The zero-order valence-corrected chi connectivity index (χ0v) is 14.0. The number of benzene rings is 1. The number of rotatable bonds is 6. The highest BCUT2D eigenvalue weighted by Gasteiger charge is 2.44. The molecule has 116 valence electrons. The second-order valence-corrected chi connectivity index (χ2v) is 7.10. The van der Waals surface area contributed by atoms with Gasteiger partial charge in [-0.15, -0.1) is 0 Å². The highest BCUT2D eigenvalue weighted by molar-refractivity contribution is 6.42. The highest BCUT2D eigenvalue weighted by Crippen LogP contribution is 2.41. The molecule has 2 saturated heterocycles. The van der Waals surface area contributed by atoms with Gasteiger partial charge in [0.25, 0.3) is 0 Å². The third-order valence-corrected chi connectivity index (χ3v) is 5.51. The van der Waals surface area contributed by atoms with Crippen molar-refractivity contribution in [2.24, 2.45) is 5.92 Å². The van der Waals surface area contributed by atoms with Crippen LogP contribution in [0.1, 0.15) is 38.2 Å². The van der Waals surface area contributed by atoms with Gasteiger partial charge in [-0.1, -0.05) is 36.2 Å². The number of ether oxygens (including phenoxy) is 1. The summed E-state index contributed by atoms with van der Waals surface area (Å²) in [5.74, 6) is 0.629. The van der Waals surface area contributed by atoms with Crippen molar-refractivity contribution < 1.29 is 4.74 Å². The lowest BCUT2D eigenvalue weighted by atomic mass is 9.81. The van der Waals surface area contributed by atoms with Crippen LogP contribution in [0.3, 0.4) is 0 Å². The lowest BCUT2D eigenvalue weighted by Gasteiger charge is -2.29. The number of hydrogen-bond donors (Lipinski definition) is 1. The van der Waals surface area contributed by atoms with Crippen LogP contribution in [-0.2, 0) is 11.2 Å². The fourth-order valence-electron chi connectivity index (χ4n) is 3.73. The van der Waals surface area contributed by atoms with E-state index in [1.54, 1.807) is 0 Å². The van der Waals surface area contributed by atoms with Gasteiger partial charge in [-0.2, -0.15) is 0 Å². The summed E-state index contributed by atoms with van der Waals surface area (Å²) >= 11 is 12.2. The lowest BCUT2D eigenvalue weighted by Crippen LogP contribution is -2.42. The molecule has 4 unspecified atom stereocenters. The molecule has 0 amide bonds. The molecular weight excluding hydrogens is 305 g/mol. The van der Waals surface area contributed by atoms with E-state index < -0.39 is 0 Å². The Morgan fingerprint density at radius 1 is 1.29 bits per heavy atom. The molecule has 2 aliphatic rings. The standard InChI is InChI=1S/C17H23Cl2NO/c1-2-7-20-16(13-10-12-4-6-17(13)21-12)9-11-3-5-14(18)15(19)8-11/h3,5,8,12-13,16-17,20H,2,4,6-7,9-10H2,1H3. The van der Waals surface area contributed by atoms with E-state index in [9.17, 15) is 0 Å². The van der Waals surface area contributed by atoms with E-state index in [1.807, 2.05) is 12.1 Å². The molecule has 2 heterocycles. The molecule has 4 heteroatoms. The van der Waals surface area contributed by atoms with E-state index in [0.29, 0.717) is 34.2 Å². The van der Waals surface area contributed by atoms with Crippen LogP contribution in [0.4, 0.5) is 0 Å². The topological polar surface area (TPSA) is 21.3 Å². The van der Waals surface area contributed by atoms with Crippen molar-refractivity contribution in [2.75, 3.05) is 6.54 Å². The molecule has 2 nitrogen and oxygen atoms in total. The zero-order chi connectivity index (χ0) is 14.8. The fraction of sp³-hybridized carbons (Fsp3) is 0.647. The third kappa shape index (κ3) is 3.56. The van der Waals surface area contributed by atoms with Gasteiger partial charge in [0.1, 0.15) is 0 Å². The van der Waals surface area contributed by atoms with Crippen molar-refractivity contribution in [3.05, 3.63) is 33.8 Å². The summed E-state index contributed by atoms with van der Waals surface area (Å²) in [6.07, 6.45) is 6.77. The molecule has 0 saturated carbocycles. The lowest BCUT2D eigenvalue weighted by molar-refractivity contribution is 0.0857. The summed E-state index contributed by atoms with van der Waals surface area (Å²) in [5, 5.41) is 5.00. The van der Waals surface area contributed by atoms with Gasteiger partial charge < -0.3 is 10.1 Å². The summed E-state index contributed by atoms with van der Waals surface area (Å²) in [5.41, 5.74) is 1.25. The van der Waals surface area contributed by atoms with Gasteiger partial charge in [0.15, 0.2) is 0 Å². The van der Waals surface area contributed by atoms with E-state index >= 15 is 0 Å². The van der Waals surface area contributed by atoms with Crippen molar-refractivity contribution in [3.8, 4) is 0 Å². The van der Waals surface area contributed by atoms with Crippen LogP contribution < -0.4 is 5.32 Å².